The Morgan fingerprint density at radius 2 is 1.62 bits per heavy atom. The molecule has 0 aliphatic carbocycles. The Bertz CT molecular complexity index is 349. The highest BCUT2D eigenvalue weighted by Gasteiger charge is 2.34. The number of rotatable bonds is 5. The lowest BCUT2D eigenvalue weighted by Crippen LogP contribution is -2.29. The van der Waals surface area contributed by atoms with Gasteiger partial charge in [0.1, 0.15) is 0 Å². The molecule has 0 aromatic carbocycles. The Balaban J connectivity index is 5.23. The zero-order valence-corrected chi connectivity index (χ0v) is 10.1. The highest BCUT2D eigenvalue weighted by molar-refractivity contribution is 5.87. The molecule has 0 aromatic rings. The molecule has 0 saturated heterocycles. The largest absolute Gasteiger partial charge is 0.481 e. The number of carboxylic acid groups (broad SMARTS) is 2. The lowest BCUT2D eigenvalue weighted by molar-refractivity contribution is -0.145. The van der Waals surface area contributed by atoms with Crippen LogP contribution in [0.15, 0.2) is 23.3 Å². The lowest BCUT2D eigenvalue weighted by Gasteiger charge is -2.26. The van der Waals surface area contributed by atoms with Crippen LogP contribution in [0.2, 0.25) is 0 Å². The summed E-state index contributed by atoms with van der Waals surface area (Å²) in [6.07, 6.45) is 0.163. The smallest absolute Gasteiger partial charge is 0.331 e. The molecule has 1 unspecified atom stereocenters. The first kappa shape index (κ1) is 14.4. The van der Waals surface area contributed by atoms with Crippen molar-refractivity contribution in [2.45, 2.75) is 34.1 Å². The summed E-state index contributed by atoms with van der Waals surface area (Å²) in [6.45, 7) is 9.95. The van der Waals surface area contributed by atoms with E-state index in [9.17, 15) is 9.59 Å². The van der Waals surface area contributed by atoms with Gasteiger partial charge in [-0.2, -0.15) is 0 Å². The number of carbonyl (C=O) groups is 2. The van der Waals surface area contributed by atoms with E-state index in [2.05, 4.69) is 6.58 Å². The summed E-state index contributed by atoms with van der Waals surface area (Å²) in [5.41, 5.74) is 0.146. The predicted molar refractivity (Wildman–Crippen MR) is 61.2 cm³/mol. The standard InChI is InChI=1S/C12H18O4/c1-7(2)12(5,11(15)16)6-8(3)9(4)10(13)14/h1,6H2,2-5H3,(H,13,14)(H,15,16)/b9-8+. The molecule has 0 aromatic heterocycles. The van der Waals surface area contributed by atoms with Gasteiger partial charge in [-0.15, -0.1) is 0 Å². The van der Waals surface area contributed by atoms with E-state index in [-0.39, 0.29) is 12.0 Å². The molecule has 0 spiro atoms. The van der Waals surface area contributed by atoms with E-state index in [0.717, 1.165) is 0 Å². The molecule has 0 aliphatic rings. The highest BCUT2D eigenvalue weighted by Crippen LogP contribution is 2.34. The van der Waals surface area contributed by atoms with Crippen LogP contribution >= 0.6 is 0 Å². The first-order valence-electron chi connectivity index (χ1n) is 4.92. The van der Waals surface area contributed by atoms with E-state index in [1.54, 1.807) is 20.8 Å². The van der Waals surface area contributed by atoms with Gasteiger partial charge in [-0.05, 0) is 34.1 Å². The van der Waals surface area contributed by atoms with Crippen LogP contribution in [-0.4, -0.2) is 22.2 Å². The Morgan fingerprint density at radius 3 is 1.88 bits per heavy atom. The number of hydrogen-bond donors (Lipinski definition) is 2. The SMILES string of the molecule is C=C(C)C(C)(C/C(C)=C(\C)C(=O)O)C(=O)O. The second-order valence-corrected chi connectivity index (χ2v) is 4.30. The van der Waals surface area contributed by atoms with Gasteiger partial charge < -0.3 is 10.2 Å². The quantitative estimate of drug-likeness (QED) is 0.557. The minimum absolute atomic E-state index is 0.163. The molecule has 1 atom stereocenters. The van der Waals surface area contributed by atoms with E-state index >= 15 is 0 Å². The molecule has 4 nitrogen and oxygen atoms in total. The minimum Gasteiger partial charge on any atom is -0.481 e. The first-order chi connectivity index (χ1) is 7.12. The van der Waals surface area contributed by atoms with Crippen molar-refractivity contribution in [3.8, 4) is 0 Å². The summed E-state index contributed by atoms with van der Waals surface area (Å²) >= 11 is 0. The van der Waals surface area contributed by atoms with Crippen molar-refractivity contribution in [1.29, 1.82) is 0 Å². The molecular formula is C12H18O4. The average Bonchev–Trinajstić information content (AvgIpc) is 2.15. The van der Waals surface area contributed by atoms with E-state index in [0.29, 0.717) is 11.1 Å². The van der Waals surface area contributed by atoms with Crippen molar-refractivity contribution in [3.05, 3.63) is 23.3 Å². The molecule has 0 radical (unpaired) electrons. The molecule has 90 valence electrons. The minimum atomic E-state index is -1.11. The van der Waals surface area contributed by atoms with Crippen LogP contribution < -0.4 is 0 Å². The van der Waals surface area contributed by atoms with Crippen molar-refractivity contribution in [2.24, 2.45) is 5.41 Å². The van der Waals surface area contributed by atoms with Crippen LogP contribution in [0.1, 0.15) is 34.1 Å². The Hall–Kier alpha value is -1.58. The fourth-order valence-corrected chi connectivity index (χ4v) is 1.25. The maximum atomic E-state index is 11.2. The molecular weight excluding hydrogens is 208 g/mol. The molecule has 0 fully saturated rings. The van der Waals surface area contributed by atoms with E-state index in [1.807, 2.05) is 0 Å². The lowest BCUT2D eigenvalue weighted by atomic mass is 9.77. The Labute approximate surface area is 95.3 Å². The van der Waals surface area contributed by atoms with Gasteiger partial charge >= 0.3 is 11.9 Å². The molecule has 16 heavy (non-hydrogen) atoms. The van der Waals surface area contributed by atoms with Crippen LogP contribution in [0.5, 0.6) is 0 Å². The van der Waals surface area contributed by atoms with Crippen LogP contribution in [0.3, 0.4) is 0 Å². The van der Waals surface area contributed by atoms with Gasteiger partial charge in [0.05, 0.1) is 5.41 Å². The van der Waals surface area contributed by atoms with Crippen LogP contribution in [-0.2, 0) is 9.59 Å². The second-order valence-electron chi connectivity index (χ2n) is 4.30. The third kappa shape index (κ3) is 2.95. The van der Waals surface area contributed by atoms with Gasteiger partial charge in [0, 0.05) is 5.57 Å². The number of hydrogen-bond acceptors (Lipinski definition) is 2. The summed E-state index contributed by atoms with van der Waals surface area (Å²) in [4.78, 5) is 21.9. The molecule has 0 amide bonds. The molecule has 4 heteroatoms. The maximum Gasteiger partial charge on any atom is 0.331 e. The first-order valence-corrected chi connectivity index (χ1v) is 4.92. The molecule has 0 heterocycles. The highest BCUT2D eigenvalue weighted by atomic mass is 16.4. The van der Waals surface area contributed by atoms with Crippen LogP contribution in [0.4, 0.5) is 0 Å². The molecule has 0 rings (SSSR count). The van der Waals surface area contributed by atoms with Crippen LogP contribution in [0, 0.1) is 5.41 Å². The summed E-state index contributed by atoms with van der Waals surface area (Å²) in [5, 5.41) is 17.9. The van der Waals surface area contributed by atoms with Crippen LogP contribution in [0.25, 0.3) is 0 Å². The summed E-state index contributed by atoms with van der Waals surface area (Å²) < 4.78 is 0. The summed E-state index contributed by atoms with van der Waals surface area (Å²) in [5.74, 6) is -2.01. The molecule has 2 N–H and O–H groups in total. The summed E-state index contributed by atoms with van der Waals surface area (Å²) in [7, 11) is 0. The fraction of sp³-hybridized carbons (Fsp3) is 0.500. The second kappa shape index (κ2) is 4.96. The van der Waals surface area contributed by atoms with Gasteiger partial charge in [-0.25, -0.2) is 4.79 Å². The molecule has 0 aliphatic heterocycles. The Morgan fingerprint density at radius 1 is 1.19 bits per heavy atom. The van der Waals surface area contributed by atoms with Gasteiger partial charge in [-0.1, -0.05) is 17.7 Å². The normalized spacial score (nSPS) is 16.0. The molecule has 0 saturated carbocycles. The zero-order chi connectivity index (χ0) is 13.1. The van der Waals surface area contributed by atoms with Crippen molar-refractivity contribution in [1.82, 2.24) is 0 Å². The van der Waals surface area contributed by atoms with Crippen molar-refractivity contribution in [2.75, 3.05) is 0 Å². The summed E-state index contributed by atoms with van der Waals surface area (Å²) in [6, 6.07) is 0. The van der Waals surface area contributed by atoms with E-state index in [4.69, 9.17) is 10.2 Å². The fourth-order valence-electron chi connectivity index (χ4n) is 1.25. The monoisotopic (exact) mass is 226 g/mol. The zero-order valence-electron chi connectivity index (χ0n) is 10.1. The predicted octanol–water partition coefficient (Wildman–Crippen LogP) is 2.46. The van der Waals surface area contributed by atoms with Gasteiger partial charge in [0.25, 0.3) is 0 Å². The van der Waals surface area contributed by atoms with Crippen molar-refractivity contribution >= 4 is 11.9 Å². The van der Waals surface area contributed by atoms with Gasteiger partial charge in [0.15, 0.2) is 0 Å². The van der Waals surface area contributed by atoms with Crippen molar-refractivity contribution in [3.63, 3.8) is 0 Å². The van der Waals surface area contributed by atoms with Gasteiger partial charge in [-0.3, -0.25) is 4.79 Å². The number of carboxylic acids is 2. The number of aliphatic carboxylic acids is 2. The average molecular weight is 226 g/mol. The van der Waals surface area contributed by atoms with Crippen molar-refractivity contribution < 1.29 is 19.8 Å². The Kier molecular flexibility index (Phi) is 4.47. The molecule has 0 bridgehead atoms. The van der Waals surface area contributed by atoms with E-state index in [1.165, 1.54) is 6.92 Å². The maximum absolute atomic E-state index is 11.2. The van der Waals surface area contributed by atoms with Gasteiger partial charge in [0.2, 0.25) is 0 Å². The third-order valence-corrected chi connectivity index (χ3v) is 2.99. The number of allylic oxidation sites excluding steroid dienone is 1. The van der Waals surface area contributed by atoms with E-state index < -0.39 is 17.4 Å². The third-order valence-electron chi connectivity index (χ3n) is 2.99. The topological polar surface area (TPSA) is 74.6 Å².